The van der Waals surface area contributed by atoms with Crippen LogP contribution in [-0.4, -0.2) is 52.9 Å². The molecular formula is C20H26O5. The highest BCUT2D eigenvalue weighted by Gasteiger charge is 2.07. The summed E-state index contributed by atoms with van der Waals surface area (Å²) in [7, 11) is 0. The van der Waals surface area contributed by atoms with Crippen LogP contribution in [0.1, 0.15) is 11.1 Å². The van der Waals surface area contributed by atoms with Crippen molar-refractivity contribution in [3.8, 4) is 0 Å². The van der Waals surface area contributed by atoms with Crippen molar-refractivity contribution < 1.29 is 23.7 Å². The summed E-state index contributed by atoms with van der Waals surface area (Å²) in [6, 6.07) is 12.7. The van der Waals surface area contributed by atoms with Gasteiger partial charge in [0.2, 0.25) is 0 Å². The first kappa shape index (κ1) is 18.3. The van der Waals surface area contributed by atoms with Crippen LogP contribution in [0.2, 0.25) is 0 Å². The average molecular weight is 346 g/mol. The second-order valence-electron chi connectivity index (χ2n) is 5.91. The van der Waals surface area contributed by atoms with E-state index in [1.165, 1.54) is 10.8 Å². The predicted molar refractivity (Wildman–Crippen MR) is 95.7 cm³/mol. The highest BCUT2D eigenvalue weighted by molar-refractivity contribution is 5.84. The molecule has 1 heterocycles. The van der Waals surface area contributed by atoms with Crippen LogP contribution in [0.3, 0.4) is 0 Å². The molecule has 2 aromatic carbocycles. The molecule has 3 rings (SSSR count). The number of benzene rings is 2. The third-order valence-corrected chi connectivity index (χ3v) is 4.07. The molecule has 0 aliphatic carbocycles. The fourth-order valence-electron chi connectivity index (χ4n) is 2.75. The smallest absolute Gasteiger partial charge is 0.0721 e. The van der Waals surface area contributed by atoms with Crippen LogP contribution in [0.5, 0.6) is 0 Å². The standard InChI is InChI=1S/C20H26O5/c1-2-4-18-14-20-16-25-12-10-23-8-6-21-5-7-22-9-11-24-15-19(20)13-17(18)3-1/h1-4,13-14H,5-12,15-16H2. The van der Waals surface area contributed by atoms with E-state index in [-0.39, 0.29) is 0 Å². The van der Waals surface area contributed by atoms with E-state index in [2.05, 4.69) is 36.4 Å². The monoisotopic (exact) mass is 346 g/mol. The minimum atomic E-state index is 0.555. The molecule has 1 aliphatic heterocycles. The van der Waals surface area contributed by atoms with Crippen LogP contribution < -0.4 is 0 Å². The second kappa shape index (κ2) is 10.5. The van der Waals surface area contributed by atoms with Gasteiger partial charge in [-0.3, -0.25) is 0 Å². The molecule has 0 spiro atoms. The van der Waals surface area contributed by atoms with Gasteiger partial charge < -0.3 is 23.7 Å². The zero-order valence-electron chi connectivity index (χ0n) is 14.6. The highest BCUT2D eigenvalue weighted by Crippen LogP contribution is 2.21. The Labute approximate surface area is 148 Å². The lowest BCUT2D eigenvalue weighted by atomic mass is 10.0. The molecule has 1 aliphatic rings. The zero-order valence-corrected chi connectivity index (χ0v) is 14.6. The molecule has 0 radical (unpaired) electrons. The Morgan fingerprint density at radius 2 is 0.840 bits per heavy atom. The second-order valence-corrected chi connectivity index (χ2v) is 5.91. The van der Waals surface area contributed by atoms with Crippen molar-refractivity contribution in [1.82, 2.24) is 0 Å². The van der Waals surface area contributed by atoms with Gasteiger partial charge in [0.25, 0.3) is 0 Å². The largest absolute Gasteiger partial charge is 0.377 e. The lowest BCUT2D eigenvalue weighted by Gasteiger charge is -2.13. The van der Waals surface area contributed by atoms with Crippen LogP contribution in [0.4, 0.5) is 0 Å². The quantitative estimate of drug-likeness (QED) is 0.734. The van der Waals surface area contributed by atoms with Crippen LogP contribution in [0, 0.1) is 0 Å². The van der Waals surface area contributed by atoms with Crippen molar-refractivity contribution in [3.05, 3.63) is 47.5 Å². The molecule has 0 aromatic heterocycles. The van der Waals surface area contributed by atoms with Gasteiger partial charge in [0, 0.05) is 0 Å². The molecule has 136 valence electrons. The van der Waals surface area contributed by atoms with E-state index in [9.17, 15) is 0 Å². The Morgan fingerprint density at radius 1 is 0.480 bits per heavy atom. The van der Waals surface area contributed by atoms with Gasteiger partial charge in [0.15, 0.2) is 0 Å². The number of hydrogen-bond donors (Lipinski definition) is 0. The summed E-state index contributed by atoms with van der Waals surface area (Å²) in [6.07, 6.45) is 0. The van der Waals surface area contributed by atoms with E-state index in [1.807, 2.05) is 0 Å². The highest BCUT2D eigenvalue weighted by atomic mass is 16.6. The first-order valence-electron chi connectivity index (χ1n) is 8.83. The topological polar surface area (TPSA) is 46.2 Å². The molecule has 0 atom stereocenters. The van der Waals surface area contributed by atoms with Gasteiger partial charge in [-0.15, -0.1) is 0 Å². The molecule has 0 saturated heterocycles. The summed E-state index contributed by atoms with van der Waals surface area (Å²) in [5, 5.41) is 2.43. The Bertz CT molecular complexity index is 589. The van der Waals surface area contributed by atoms with Gasteiger partial charge in [-0.2, -0.15) is 0 Å². The zero-order chi connectivity index (χ0) is 17.2. The molecule has 0 saturated carbocycles. The van der Waals surface area contributed by atoms with E-state index in [4.69, 9.17) is 23.7 Å². The maximum absolute atomic E-state index is 5.79. The Hall–Kier alpha value is -1.50. The summed E-state index contributed by atoms with van der Waals surface area (Å²) in [5.74, 6) is 0. The van der Waals surface area contributed by atoms with Crippen molar-refractivity contribution >= 4 is 10.8 Å². The fourth-order valence-corrected chi connectivity index (χ4v) is 2.75. The Balaban J connectivity index is 1.67. The van der Waals surface area contributed by atoms with Crippen molar-refractivity contribution in [2.75, 3.05) is 52.9 Å². The first-order valence-corrected chi connectivity index (χ1v) is 8.83. The van der Waals surface area contributed by atoms with E-state index in [1.54, 1.807) is 0 Å². The summed E-state index contributed by atoms with van der Waals surface area (Å²) >= 11 is 0. The molecule has 25 heavy (non-hydrogen) atoms. The molecule has 0 unspecified atom stereocenters. The number of hydrogen-bond acceptors (Lipinski definition) is 5. The third kappa shape index (κ3) is 6.06. The number of ether oxygens (including phenoxy) is 5. The van der Waals surface area contributed by atoms with Crippen molar-refractivity contribution in [3.63, 3.8) is 0 Å². The summed E-state index contributed by atoms with van der Waals surface area (Å²) in [4.78, 5) is 0. The SMILES string of the molecule is c1ccc2cc3c(cc2c1)COCCOCCOCCOCCOC3. The minimum absolute atomic E-state index is 0.555. The lowest BCUT2D eigenvalue weighted by molar-refractivity contribution is -0.0117. The average Bonchev–Trinajstić information content (AvgIpc) is 2.64. The molecule has 0 fully saturated rings. The van der Waals surface area contributed by atoms with Crippen molar-refractivity contribution in [2.24, 2.45) is 0 Å². The first-order chi connectivity index (χ1) is 12.4. The van der Waals surface area contributed by atoms with Gasteiger partial charge in [0.05, 0.1) is 66.1 Å². The molecule has 5 nitrogen and oxygen atoms in total. The van der Waals surface area contributed by atoms with Gasteiger partial charge in [0.1, 0.15) is 0 Å². The molecule has 0 N–H and O–H groups in total. The number of rotatable bonds is 0. The van der Waals surface area contributed by atoms with Gasteiger partial charge in [-0.25, -0.2) is 0 Å². The van der Waals surface area contributed by atoms with E-state index < -0.39 is 0 Å². The molecule has 5 heteroatoms. The van der Waals surface area contributed by atoms with Crippen molar-refractivity contribution in [1.29, 1.82) is 0 Å². The fraction of sp³-hybridized carbons (Fsp3) is 0.500. The predicted octanol–water partition coefficient (Wildman–Crippen LogP) is 2.94. The van der Waals surface area contributed by atoms with Crippen LogP contribution >= 0.6 is 0 Å². The van der Waals surface area contributed by atoms with E-state index in [0.717, 1.165) is 11.1 Å². The van der Waals surface area contributed by atoms with Crippen molar-refractivity contribution in [2.45, 2.75) is 13.2 Å². The Morgan fingerprint density at radius 3 is 1.24 bits per heavy atom. The maximum Gasteiger partial charge on any atom is 0.0721 e. The molecular weight excluding hydrogens is 320 g/mol. The molecule has 0 bridgehead atoms. The lowest BCUT2D eigenvalue weighted by Crippen LogP contribution is -2.12. The maximum atomic E-state index is 5.79. The van der Waals surface area contributed by atoms with Gasteiger partial charge in [-0.1, -0.05) is 24.3 Å². The summed E-state index contributed by atoms with van der Waals surface area (Å²) in [6.45, 7) is 5.69. The Kier molecular flexibility index (Phi) is 7.67. The van der Waals surface area contributed by atoms with E-state index in [0.29, 0.717) is 66.1 Å². The van der Waals surface area contributed by atoms with E-state index >= 15 is 0 Å². The van der Waals surface area contributed by atoms with Gasteiger partial charge >= 0.3 is 0 Å². The number of fused-ring (bicyclic) bond motifs is 2. The third-order valence-electron chi connectivity index (χ3n) is 4.07. The summed E-state index contributed by atoms with van der Waals surface area (Å²) < 4.78 is 28.0. The molecule has 2 aromatic rings. The molecule has 0 amide bonds. The van der Waals surface area contributed by atoms with Crippen LogP contribution in [-0.2, 0) is 36.9 Å². The van der Waals surface area contributed by atoms with Crippen LogP contribution in [0.25, 0.3) is 10.8 Å². The van der Waals surface area contributed by atoms with Gasteiger partial charge in [-0.05, 0) is 34.0 Å². The van der Waals surface area contributed by atoms with Crippen LogP contribution in [0.15, 0.2) is 36.4 Å². The minimum Gasteiger partial charge on any atom is -0.377 e. The normalized spacial score (nSPS) is 19.2. The summed E-state index contributed by atoms with van der Waals surface area (Å²) in [5.41, 5.74) is 2.32.